The molecule has 0 radical (unpaired) electrons. The molecule has 1 N–H and O–H groups in total. The Morgan fingerprint density at radius 2 is 2.08 bits per heavy atom. The highest BCUT2D eigenvalue weighted by atomic mass is 32.2. The molecule has 2 saturated heterocycles. The van der Waals surface area contributed by atoms with Gasteiger partial charge >= 0.3 is 6.03 Å². The maximum atomic E-state index is 12.6. The fourth-order valence-electron chi connectivity index (χ4n) is 3.91. The topological polar surface area (TPSA) is 106 Å². The van der Waals surface area contributed by atoms with Crippen LogP contribution < -0.4 is 5.32 Å². The minimum Gasteiger partial charge on any atom is -0.369 e. The molecule has 9 nitrogen and oxygen atoms in total. The first-order valence-electron chi connectivity index (χ1n) is 8.69. The van der Waals surface area contributed by atoms with Gasteiger partial charge in [-0.05, 0) is 12.8 Å². The number of rotatable bonds is 3. The number of sulfone groups is 1. The number of carbonyl (C=O) groups excluding carboxylic acids is 1. The molecule has 2 aliphatic heterocycles. The standard InChI is InChI=1S/C15H23N5O4S/c21-14(18-12-3-1-2-4-12)19-7-15(8-19)9-25(22,23)13(6-24-15)5-20-11-16-10-17-20/h10-13H,1-9H2,(H,18,21)/t13-/m0/s1. The van der Waals surface area contributed by atoms with Gasteiger partial charge in [0, 0.05) is 6.04 Å². The van der Waals surface area contributed by atoms with Gasteiger partial charge in [0.2, 0.25) is 0 Å². The van der Waals surface area contributed by atoms with Crippen LogP contribution in [0.5, 0.6) is 0 Å². The number of urea groups is 1. The predicted octanol–water partition coefficient (Wildman–Crippen LogP) is -0.202. The number of likely N-dealkylation sites (tertiary alicyclic amines) is 1. The number of aromatic nitrogens is 3. The van der Waals surface area contributed by atoms with Gasteiger partial charge < -0.3 is 15.0 Å². The molecule has 1 aromatic rings. The van der Waals surface area contributed by atoms with Gasteiger partial charge in [0.1, 0.15) is 23.5 Å². The molecule has 1 spiro atoms. The number of amides is 2. The average molecular weight is 369 g/mol. The Bertz CT molecular complexity index is 723. The highest BCUT2D eigenvalue weighted by molar-refractivity contribution is 7.92. The van der Waals surface area contributed by atoms with Gasteiger partial charge in [-0.15, -0.1) is 0 Å². The number of ether oxygens (including phenoxy) is 1. The van der Waals surface area contributed by atoms with E-state index >= 15 is 0 Å². The number of nitrogens with zero attached hydrogens (tertiary/aromatic N) is 4. The second kappa shape index (κ2) is 6.24. The molecule has 3 heterocycles. The molecule has 1 aromatic heterocycles. The summed E-state index contributed by atoms with van der Waals surface area (Å²) < 4.78 is 32.6. The van der Waals surface area contributed by atoms with Gasteiger partial charge in [-0.25, -0.2) is 18.2 Å². The zero-order chi connectivity index (χ0) is 17.5. The van der Waals surface area contributed by atoms with E-state index < -0.39 is 20.7 Å². The molecule has 0 unspecified atom stereocenters. The molecule has 1 aliphatic carbocycles. The van der Waals surface area contributed by atoms with E-state index in [-0.39, 0.29) is 31.0 Å². The number of carbonyl (C=O) groups is 1. The minimum atomic E-state index is -3.31. The summed E-state index contributed by atoms with van der Waals surface area (Å²) >= 11 is 0. The molecule has 3 aliphatic rings. The van der Waals surface area contributed by atoms with E-state index in [2.05, 4.69) is 15.4 Å². The van der Waals surface area contributed by atoms with Crippen LogP contribution in [0, 0.1) is 0 Å². The summed E-state index contributed by atoms with van der Waals surface area (Å²) in [6.45, 7) is 1.03. The van der Waals surface area contributed by atoms with E-state index in [4.69, 9.17) is 4.74 Å². The van der Waals surface area contributed by atoms with Crippen molar-refractivity contribution in [1.82, 2.24) is 25.0 Å². The Labute approximate surface area is 146 Å². The van der Waals surface area contributed by atoms with Crippen molar-refractivity contribution in [3.63, 3.8) is 0 Å². The van der Waals surface area contributed by atoms with Gasteiger partial charge in [-0.2, -0.15) is 5.10 Å². The van der Waals surface area contributed by atoms with Crippen LogP contribution in [-0.4, -0.2) is 76.5 Å². The van der Waals surface area contributed by atoms with E-state index in [1.165, 1.54) is 17.3 Å². The van der Waals surface area contributed by atoms with Crippen LogP contribution in [0.15, 0.2) is 12.7 Å². The van der Waals surface area contributed by atoms with Gasteiger partial charge in [0.05, 0.1) is 32.0 Å². The molecule has 0 bridgehead atoms. The minimum absolute atomic E-state index is 0.0490. The van der Waals surface area contributed by atoms with Crippen LogP contribution in [0.4, 0.5) is 4.79 Å². The van der Waals surface area contributed by atoms with Crippen LogP contribution in [0.25, 0.3) is 0 Å². The molecule has 2 amide bonds. The zero-order valence-electron chi connectivity index (χ0n) is 14.0. The lowest BCUT2D eigenvalue weighted by Gasteiger charge is -2.52. The van der Waals surface area contributed by atoms with Crippen molar-refractivity contribution in [3.05, 3.63) is 12.7 Å². The Hall–Kier alpha value is -1.68. The van der Waals surface area contributed by atoms with Crippen molar-refractivity contribution in [2.45, 2.75) is 49.1 Å². The SMILES string of the molecule is O=C(NC1CCCC1)N1CC2(C1)CS(=O)(=O)[C@@H](Cn1cncn1)CO2. The van der Waals surface area contributed by atoms with Gasteiger partial charge in [-0.1, -0.05) is 12.8 Å². The predicted molar refractivity (Wildman–Crippen MR) is 88.6 cm³/mol. The molecule has 25 heavy (non-hydrogen) atoms. The Morgan fingerprint density at radius 1 is 1.32 bits per heavy atom. The normalized spacial score (nSPS) is 28.0. The maximum absolute atomic E-state index is 12.6. The van der Waals surface area contributed by atoms with Crippen LogP contribution in [0.3, 0.4) is 0 Å². The summed E-state index contributed by atoms with van der Waals surface area (Å²) in [7, 11) is -3.31. The molecule has 4 rings (SSSR count). The van der Waals surface area contributed by atoms with Crippen molar-refractivity contribution < 1.29 is 17.9 Å². The third kappa shape index (κ3) is 3.37. The van der Waals surface area contributed by atoms with Crippen LogP contribution in [0.1, 0.15) is 25.7 Å². The number of nitrogens with one attached hydrogen (secondary N) is 1. The largest absolute Gasteiger partial charge is 0.369 e. The lowest BCUT2D eigenvalue weighted by atomic mass is 9.96. The van der Waals surface area contributed by atoms with Crippen molar-refractivity contribution >= 4 is 15.9 Å². The molecular weight excluding hydrogens is 346 g/mol. The zero-order valence-corrected chi connectivity index (χ0v) is 14.8. The van der Waals surface area contributed by atoms with Crippen molar-refractivity contribution in [1.29, 1.82) is 0 Å². The van der Waals surface area contributed by atoms with Crippen molar-refractivity contribution in [2.75, 3.05) is 25.4 Å². The molecule has 1 atom stereocenters. The Morgan fingerprint density at radius 3 is 2.72 bits per heavy atom. The summed E-state index contributed by atoms with van der Waals surface area (Å²) in [6.07, 6.45) is 7.24. The van der Waals surface area contributed by atoms with Gasteiger partial charge in [0.25, 0.3) is 0 Å². The molecule has 10 heteroatoms. The summed E-state index contributed by atoms with van der Waals surface area (Å²) in [5, 5.41) is 6.36. The first kappa shape index (κ1) is 16.8. The van der Waals surface area contributed by atoms with E-state index in [1.807, 2.05) is 0 Å². The molecule has 138 valence electrons. The second-order valence-corrected chi connectivity index (χ2v) is 9.61. The third-order valence-electron chi connectivity index (χ3n) is 5.33. The van der Waals surface area contributed by atoms with E-state index in [0.717, 1.165) is 25.7 Å². The molecule has 0 aromatic carbocycles. The Balaban J connectivity index is 1.32. The molecule has 1 saturated carbocycles. The van der Waals surface area contributed by atoms with Crippen molar-refractivity contribution in [2.24, 2.45) is 0 Å². The average Bonchev–Trinajstić information content (AvgIpc) is 3.20. The molecule has 3 fully saturated rings. The second-order valence-electron chi connectivity index (χ2n) is 7.33. The fraction of sp³-hybridized carbons (Fsp3) is 0.800. The van der Waals surface area contributed by atoms with E-state index in [0.29, 0.717) is 13.1 Å². The van der Waals surface area contributed by atoms with Gasteiger partial charge in [-0.3, -0.25) is 4.68 Å². The summed E-state index contributed by atoms with van der Waals surface area (Å²) in [4.78, 5) is 17.7. The smallest absolute Gasteiger partial charge is 0.317 e. The maximum Gasteiger partial charge on any atom is 0.317 e. The quantitative estimate of drug-likeness (QED) is 0.791. The fourth-order valence-corrected chi connectivity index (χ4v) is 5.80. The highest BCUT2D eigenvalue weighted by Gasteiger charge is 2.54. The van der Waals surface area contributed by atoms with Crippen LogP contribution in [0.2, 0.25) is 0 Å². The molecular formula is C15H23N5O4S. The van der Waals surface area contributed by atoms with Crippen LogP contribution in [-0.2, 0) is 21.1 Å². The number of hydrogen-bond acceptors (Lipinski definition) is 6. The first-order chi connectivity index (χ1) is 12.0. The van der Waals surface area contributed by atoms with Crippen molar-refractivity contribution in [3.8, 4) is 0 Å². The van der Waals surface area contributed by atoms with E-state index in [9.17, 15) is 13.2 Å². The highest BCUT2D eigenvalue weighted by Crippen LogP contribution is 2.33. The third-order valence-corrected chi connectivity index (χ3v) is 7.56. The number of hydrogen-bond donors (Lipinski definition) is 1. The van der Waals surface area contributed by atoms with Crippen LogP contribution >= 0.6 is 0 Å². The summed E-state index contributed by atoms with van der Waals surface area (Å²) in [5.74, 6) is -0.0490. The monoisotopic (exact) mass is 369 g/mol. The lowest BCUT2D eigenvalue weighted by Crippen LogP contribution is -2.72. The Kier molecular flexibility index (Phi) is 4.19. The summed E-state index contributed by atoms with van der Waals surface area (Å²) in [5.41, 5.74) is -0.745. The first-order valence-corrected chi connectivity index (χ1v) is 10.4. The lowest BCUT2D eigenvalue weighted by molar-refractivity contribution is -0.118. The van der Waals surface area contributed by atoms with E-state index in [1.54, 1.807) is 4.90 Å². The summed E-state index contributed by atoms with van der Waals surface area (Å²) in [6, 6.07) is 0.148. The van der Waals surface area contributed by atoms with Gasteiger partial charge in [0.15, 0.2) is 9.84 Å².